The van der Waals surface area contributed by atoms with E-state index in [0.717, 1.165) is 30.0 Å². The van der Waals surface area contributed by atoms with Crippen LogP contribution < -0.4 is 10.6 Å². The van der Waals surface area contributed by atoms with E-state index < -0.39 is 23.8 Å². The molecule has 0 aromatic heterocycles. The number of nitrogens with zero attached hydrogens (tertiary/aromatic N) is 1. The molecule has 7 nitrogen and oxygen atoms in total. The van der Waals surface area contributed by atoms with E-state index in [4.69, 9.17) is 0 Å². The predicted molar refractivity (Wildman–Crippen MR) is 91.0 cm³/mol. The minimum absolute atomic E-state index is 0.111. The standard InChI is InChI=1S/C18H19N3O4/c1-2-3-4-9-19-11-5-6-12-13(10-11)18(25)21(17(12)24)14-7-8-15(22)20-16(14)23/h2,5-6,10,14,19H,1,3-4,7-9H2,(H,20,22,23). The van der Waals surface area contributed by atoms with Crippen LogP contribution in [-0.2, 0) is 9.59 Å². The molecular weight excluding hydrogens is 322 g/mol. The van der Waals surface area contributed by atoms with Crippen molar-refractivity contribution in [2.75, 3.05) is 11.9 Å². The summed E-state index contributed by atoms with van der Waals surface area (Å²) >= 11 is 0. The molecule has 3 rings (SSSR count). The Bertz CT molecular complexity index is 772. The van der Waals surface area contributed by atoms with Crippen molar-refractivity contribution in [3.63, 3.8) is 0 Å². The smallest absolute Gasteiger partial charge is 0.262 e. The van der Waals surface area contributed by atoms with Crippen LogP contribution in [0.4, 0.5) is 5.69 Å². The second kappa shape index (κ2) is 6.88. The van der Waals surface area contributed by atoms with E-state index in [0.29, 0.717) is 0 Å². The molecule has 25 heavy (non-hydrogen) atoms. The van der Waals surface area contributed by atoms with Crippen LogP contribution in [0.2, 0.25) is 0 Å². The van der Waals surface area contributed by atoms with E-state index in [-0.39, 0.29) is 29.9 Å². The van der Waals surface area contributed by atoms with Crippen LogP contribution in [0.15, 0.2) is 30.9 Å². The lowest BCUT2D eigenvalue weighted by molar-refractivity contribution is -0.136. The molecule has 0 aliphatic carbocycles. The SMILES string of the molecule is C=CCCCNc1ccc2c(c1)C(=O)N(C1CCC(=O)NC1=O)C2=O. The number of benzene rings is 1. The van der Waals surface area contributed by atoms with Gasteiger partial charge in [0.25, 0.3) is 11.8 Å². The zero-order valence-corrected chi connectivity index (χ0v) is 13.7. The number of hydrogen-bond donors (Lipinski definition) is 2. The molecule has 4 amide bonds. The highest BCUT2D eigenvalue weighted by Gasteiger charge is 2.44. The van der Waals surface area contributed by atoms with Crippen LogP contribution in [0.3, 0.4) is 0 Å². The van der Waals surface area contributed by atoms with E-state index in [1.165, 1.54) is 0 Å². The molecule has 1 unspecified atom stereocenters. The summed E-state index contributed by atoms with van der Waals surface area (Å²) < 4.78 is 0. The average molecular weight is 341 g/mol. The van der Waals surface area contributed by atoms with Gasteiger partial charge in [0.05, 0.1) is 11.1 Å². The highest BCUT2D eigenvalue weighted by atomic mass is 16.2. The fraction of sp³-hybridized carbons (Fsp3) is 0.333. The van der Waals surface area contributed by atoms with Crippen molar-refractivity contribution >= 4 is 29.3 Å². The summed E-state index contributed by atoms with van der Waals surface area (Å²) in [6.07, 6.45) is 3.90. The van der Waals surface area contributed by atoms with Crippen LogP contribution in [0.5, 0.6) is 0 Å². The molecule has 0 spiro atoms. The number of nitrogens with one attached hydrogen (secondary N) is 2. The van der Waals surface area contributed by atoms with Crippen molar-refractivity contribution in [3.05, 3.63) is 42.0 Å². The number of imide groups is 2. The predicted octanol–water partition coefficient (Wildman–Crippen LogP) is 1.47. The number of hydrogen-bond acceptors (Lipinski definition) is 5. The maximum atomic E-state index is 12.7. The summed E-state index contributed by atoms with van der Waals surface area (Å²) in [6, 6.07) is 4.03. The van der Waals surface area contributed by atoms with Gasteiger partial charge in [0.1, 0.15) is 6.04 Å². The molecule has 1 saturated heterocycles. The van der Waals surface area contributed by atoms with E-state index in [9.17, 15) is 19.2 Å². The summed E-state index contributed by atoms with van der Waals surface area (Å²) in [7, 11) is 0. The molecule has 7 heteroatoms. The first kappa shape index (κ1) is 16.9. The molecule has 0 radical (unpaired) electrons. The summed E-state index contributed by atoms with van der Waals surface area (Å²) in [5.74, 6) is -1.98. The maximum Gasteiger partial charge on any atom is 0.262 e. The number of amides is 4. The van der Waals surface area contributed by atoms with Crippen molar-refractivity contribution in [1.82, 2.24) is 10.2 Å². The van der Waals surface area contributed by atoms with Crippen molar-refractivity contribution < 1.29 is 19.2 Å². The van der Waals surface area contributed by atoms with Gasteiger partial charge in [-0.2, -0.15) is 0 Å². The van der Waals surface area contributed by atoms with Crippen molar-refractivity contribution in [2.24, 2.45) is 0 Å². The number of carbonyl (C=O) groups is 4. The number of piperidine rings is 1. The minimum atomic E-state index is -0.936. The molecule has 1 aromatic carbocycles. The van der Waals surface area contributed by atoms with Gasteiger partial charge in [-0.25, -0.2) is 0 Å². The van der Waals surface area contributed by atoms with Crippen molar-refractivity contribution in [3.8, 4) is 0 Å². The molecule has 0 saturated carbocycles. The minimum Gasteiger partial charge on any atom is -0.385 e. The Kier molecular flexibility index (Phi) is 4.65. The fourth-order valence-electron chi connectivity index (χ4n) is 3.06. The Morgan fingerprint density at radius 3 is 2.68 bits per heavy atom. The van der Waals surface area contributed by atoms with Crippen molar-refractivity contribution in [1.29, 1.82) is 0 Å². The van der Waals surface area contributed by atoms with E-state index in [1.54, 1.807) is 18.2 Å². The van der Waals surface area contributed by atoms with Crippen LogP contribution in [0.25, 0.3) is 0 Å². The second-order valence-corrected chi connectivity index (χ2v) is 6.07. The molecule has 2 aliphatic heterocycles. The lowest BCUT2D eigenvalue weighted by Crippen LogP contribution is -2.54. The van der Waals surface area contributed by atoms with Crippen LogP contribution in [0.1, 0.15) is 46.4 Å². The monoisotopic (exact) mass is 341 g/mol. The van der Waals surface area contributed by atoms with Gasteiger partial charge in [0, 0.05) is 18.7 Å². The van der Waals surface area contributed by atoms with Gasteiger partial charge >= 0.3 is 0 Å². The normalized spacial score (nSPS) is 19.7. The van der Waals surface area contributed by atoms with Gasteiger partial charge in [-0.15, -0.1) is 6.58 Å². The van der Waals surface area contributed by atoms with Crippen molar-refractivity contribution in [2.45, 2.75) is 31.7 Å². The van der Waals surface area contributed by atoms with Gasteiger partial charge in [-0.05, 0) is 37.5 Å². The molecule has 0 bridgehead atoms. The summed E-state index contributed by atoms with van der Waals surface area (Å²) in [5.41, 5.74) is 1.31. The number of allylic oxidation sites excluding steroid dienone is 1. The Morgan fingerprint density at radius 2 is 1.96 bits per heavy atom. The zero-order chi connectivity index (χ0) is 18.0. The van der Waals surface area contributed by atoms with Crippen LogP contribution in [0, 0.1) is 0 Å². The summed E-state index contributed by atoms with van der Waals surface area (Å²) in [5, 5.41) is 5.38. The first-order valence-electron chi connectivity index (χ1n) is 8.23. The molecule has 130 valence electrons. The zero-order valence-electron chi connectivity index (χ0n) is 13.7. The Hall–Kier alpha value is -2.96. The van der Waals surface area contributed by atoms with Gasteiger partial charge in [0.2, 0.25) is 11.8 Å². The summed E-state index contributed by atoms with van der Waals surface area (Å²) in [4.78, 5) is 49.5. The number of rotatable bonds is 6. The third-order valence-corrected chi connectivity index (χ3v) is 4.35. The molecule has 2 N–H and O–H groups in total. The fourth-order valence-corrected chi connectivity index (χ4v) is 3.06. The third-order valence-electron chi connectivity index (χ3n) is 4.35. The van der Waals surface area contributed by atoms with E-state index in [1.807, 2.05) is 6.08 Å². The number of fused-ring (bicyclic) bond motifs is 1. The Balaban J connectivity index is 1.78. The first-order chi connectivity index (χ1) is 12.0. The maximum absolute atomic E-state index is 12.7. The second-order valence-electron chi connectivity index (χ2n) is 6.07. The highest BCUT2D eigenvalue weighted by Crippen LogP contribution is 2.29. The van der Waals surface area contributed by atoms with Gasteiger partial charge < -0.3 is 5.32 Å². The van der Waals surface area contributed by atoms with E-state index >= 15 is 0 Å². The number of carbonyl (C=O) groups excluding carboxylic acids is 4. The Labute approximate surface area is 145 Å². The lowest BCUT2D eigenvalue weighted by atomic mass is 10.0. The van der Waals surface area contributed by atoms with E-state index in [2.05, 4.69) is 17.2 Å². The molecular formula is C18H19N3O4. The molecule has 2 aliphatic rings. The first-order valence-corrected chi connectivity index (χ1v) is 8.23. The van der Waals surface area contributed by atoms with Crippen LogP contribution >= 0.6 is 0 Å². The molecule has 1 fully saturated rings. The number of unbranched alkanes of at least 4 members (excludes halogenated alkanes) is 1. The van der Waals surface area contributed by atoms with Gasteiger partial charge in [-0.3, -0.25) is 29.4 Å². The average Bonchev–Trinajstić information content (AvgIpc) is 2.83. The van der Waals surface area contributed by atoms with Crippen LogP contribution in [-0.4, -0.2) is 41.1 Å². The lowest BCUT2D eigenvalue weighted by Gasteiger charge is -2.27. The highest BCUT2D eigenvalue weighted by molar-refractivity contribution is 6.23. The molecule has 2 heterocycles. The largest absolute Gasteiger partial charge is 0.385 e. The van der Waals surface area contributed by atoms with Gasteiger partial charge in [0.15, 0.2) is 0 Å². The quantitative estimate of drug-likeness (QED) is 0.464. The molecule has 1 aromatic rings. The Morgan fingerprint density at radius 1 is 1.20 bits per heavy atom. The third kappa shape index (κ3) is 3.17. The topological polar surface area (TPSA) is 95.6 Å². The molecule has 1 atom stereocenters. The van der Waals surface area contributed by atoms with Gasteiger partial charge in [-0.1, -0.05) is 6.08 Å². The summed E-state index contributed by atoms with van der Waals surface area (Å²) in [6.45, 7) is 4.39. The number of anilines is 1.